The molecule has 0 bridgehead atoms. The van der Waals surface area contributed by atoms with Crippen molar-refractivity contribution in [3.8, 4) is 0 Å². The van der Waals surface area contributed by atoms with Gasteiger partial charge in [0.1, 0.15) is 0 Å². The summed E-state index contributed by atoms with van der Waals surface area (Å²) in [5.41, 5.74) is 6.31. The van der Waals surface area contributed by atoms with Crippen LogP contribution in [0.4, 0.5) is 5.69 Å². The number of carbonyl (C=O) groups excluding carboxylic acids is 1. The van der Waals surface area contributed by atoms with E-state index in [0.29, 0.717) is 29.2 Å². The standard InChI is InChI=1S/C11H13ClN2O3/c12-8-4-3-7(6-9(8)13)11(17)14-5-1-2-10(15)16/h3-4,6H,1-2,5,13H2,(H,14,17)(H,15,16). The van der Waals surface area contributed by atoms with Crippen molar-refractivity contribution in [3.05, 3.63) is 28.8 Å². The Kier molecular flexibility index (Phi) is 4.78. The summed E-state index contributed by atoms with van der Waals surface area (Å²) in [4.78, 5) is 21.8. The quantitative estimate of drug-likeness (QED) is 0.550. The first-order valence-electron chi connectivity index (χ1n) is 5.05. The molecule has 1 amide bonds. The van der Waals surface area contributed by atoms with Crippen molar-refractivity contribution in [1.82, 2.24) is 5.32 Å². The molecule has 1 rings (SSSR count). The monoisotopic (exact) mass is 256 g/mol. The number of carboxylic acid groups (broad SMARTS) is 1. The Morgan fingerprint density at radius 1 is 1.41 bits per heavy atom. The summed E-state index contributed by atoms with van der Waals surface area (Å²) in [7, 11) is 0. The average molecular weight is 257 g/mol. The molecule has 0 saturated heterocycles. The molecule has 0 saturated carbocycles. The lowest BCUT2D eigenvalue weighted by molar-refractivity contribution is -0.137. The summed E-state index contributed by atoms with van der Waals surface area (Å²) in [6.07, 6.45) is 0.424. The Labute approximate surface area is 104 Å². The number of rotatable bonds is 5. The third-order valence-corrected chi connectivity index (χ3v) is 2.46. The highest BCUT2D eigenvalue weighted by Crippen LogP contribution is 2.19. The summed E-state index contributed by atoms with van der Waals surface area (Å²) >= 11 is 5.72. The fraction of sp³-hybridized carbons (Fsp3) is 0.273. The van der Waals surface area contributed by atoms with Crippen LogP contribution in [0.3, 0.4) is 0 Å². The first kappa shape index (κ1) is 13.3. The predicted octanol–water partition coefficient (Wildman–Crippen LogP) is 1.52. The summed E-state index contributed by atoms with van der Waals surface area (Å²) in [6.45, 7) is 0.313. The van der Waals surface area contributed by atoms with Crippen molar-refractivity contribution in [2.45, 2.75) is 12.8 Å². The van der Waals surface area contributed by atoms with Gasteiger partial charge in [-0.2, -0.15) is 0 Å². The molecule has 0 radical (unpaired) electrons. The lowest BCUT2D eigenvalue weighted by Gasteiger charge is -2.05. The normalized spacial score (nSPS) is 9.94. The number of carbonyl (C=O) groups is 2. The fourth-order valence-corrected chi connectivity index (χ4v) is 1.35. The van der Waals surface area contributed by atoms with E-state index in [1.807, 2.05) is 0 Å². The zero-order valence-electron chi connectivity index (χ0n) is 9.07. The van der Waals surface area contributed by atoms with E-state index in [1.54, 1.807) is 12.1 Å². The molecule has 0 fully saturated rings. The first-order chi connectivity index (χ1) is 8.00. The van der Waals surface area contributed by atoms with Crippen LogP contribution in [0.2, 0.25) is 5.02 Å². The van der Waals surface area contributed by atoms with Crippen molar-refractivity contribution >= 4 is 29.2 Å². The van der Waals surface area contributed by atoms with E-state index in [0.717, 1.165) is 0 Å². The number of nitrogens with one attached hydrogen (secondary N) is 1. The minimum atomic E-state index is -0.880. The SMILES string of the molecule is Nc1cc(C(=O)NCCCC(=O)O)ccc1Cl. The van der Waals surface area contributed by atoms with Crippen molar-refractivity contribution in [2.75, 3.05) is 12.3 Å². The molecule has 0 spiro atoms. The highest BCUT2D eigenvalue weighted by Gasteiger charge is 2.07. The van der Waals surface area contributed by atoms with Gasteiger partial charge in [0, 0.05) is 18.5 Å². The summed E-state index contributed by atoms with van der Waals surface area (Å²) < 4.78 is 0. The van der Waals surface area contributed by atoms with E-state index >= 15 is 0 Å². The number of hydrogen-bond donors (Lipinski definition) is 3. The zero-order chi connectivity index (χ0) is 12.8. The number of aliphatic carboxylic acids is 1. The number of carboxylic acids is 1. The molecule has 17 heavy (non-hydrogen) atoms. The molecule has 1 aromatic rings. The van der Waals surface area contributed by atoms with Crippen LogP contribution in [0.1, 0.15) is 23.2 Å². The second-order valence-electron chi connectivity index (χ2n) is 3.49. The van der Waals surface area contributed by atoms with Gasteiger partial charge in [0.25, 0.3) is 5.91 Å². The van der Waals surface area contributed by atoms with Crippen molar-refractivity contribution in [1.29, 1.82) is 0 Å². The Morgan fingerprint density at radius 3 is 2.71 bits per heavy atom. The van der Waals surface area contributed by atoms with Gasteiger partial charge in [-0.25, -0.2) is 0 Å². The molecule has 1 aromatic carbocycles. The minimum absolute atomic E-state index is 0.0308. The topological polar surface area (TPSA) is 92.4 Å². The number of nitrogens with two attached hydrogens (primary N) is 1. The predicted molar refractivity (Wildman–Crippen MR) is 65.1 cm³/mol. The fourth-order valence-electron chi connectivity index (χ4n) is 1.23. The van der Waals surface area contributed by atoms with Crippen molar-refractivity contribution in [2.24, 2.45) is 0 Å². The number of hydrogen-bond acceptors (Lipinski definition) is 3. The lowest BCUT2D eigenvalue weighted by Crippen LogP contribution is -2.24. The zero-order valence-corrected chi connectivity index (χ0v) is 9.83. The number of halogens is 1. The third kappa shape index (κ3) is 4.32. The number of anilines is 1. The molecule has 0 aliphatic carbocycles. The van der Waals surface area contributed by atoms with E-state index in [9.17, 15) is 9.59 Å². The van der Waals surface area contributed by atoms with Gasteiger partial charge >= 0.3 is 5.97 Å². The summed E-state index contributed by atoms with van der Waals surface area (Å²) in [5, 5.41) is 11.4. The van der Waals surface area contributed by atoms with Gasteiger partial charge in [-0.1, -0.05) is 11.6 Å². The van der Waals surface area contributed by atoms with Crippen molar-refractivity contribution in [3.63, 3.8) is 0 Å². The Morgan fingerprint density at radius 2 is 2.12 bits per heavy atom. The van der Waals surface area contributed by atoms with E-state index in [2.05, 4.69) is 5.32 Å². The average Bonchev–Trinajstić information content (AvgIpc) is 2.27. The Balaban J connectivity index is 2.47. The van der Waals surface area contributed by atoms with Crippen LogP contribution >= 0.6 is 11.6 Å². The van der Waals surface area contributed by atoms with Crippen LogP contribution < -0.4 is 11.1 Å². The molecule has 4 N–H and O–H groups in total. The number of benzene rings is 1. The van der Waals surface area contributed by atoms with Crippen LogP contribution in [-0.4, -0.2) is 23.5 Å². The maximum Gasteiger partial charge on any atom is 0.303 e. The van der Waals surface area contributed by atoms with E-state index < -0.39 is 5.97 Å². The van der Waals surface area contributed by atoms with E-state index in [-0.39, 0.29) is 12.3 Å². The highest BCUT2D eigenvalue weighted by atomic mass is 35.5. The molecule has 6 heteroatoms. The van der Waals surface area contributed by atoms with Crippen LogP contribution in [0, 0.1) is 0 Å². The largest absolute Gasteiger partial charge is 0.481 e. The van der Waals surface area contributed by atoms with Gasteiger partial charge < -0.3 is 16.2 Å². The van der Waals surface area contributed by atoms with Gasteiger partial charge in [0.2, 0.25) is 0 Å². The number of amides is 1. The van der Waals surface area contributed by atoms with Gasteiger partial charge in [0.05, 0.1) is 10.7 Å². The number of nitrogen functional groups attached to an aromatic ring is 1. The van der Waals surface area contributed by atoms with Crippen LogP contribution in [0.15, 0.2) is 18.2 Å². The van der Waals surface area contributed by atoms with Gasteiger partial charge in [-0.15, -0.1) is 0 Å². The molecule has 0 heterocycles. The Bertz CT molecular complexity index is 435. The van der Waals surface area contributed by atoms with E-state index in [4.69, 9.17) is 22.4 Å². The molecule has 5 nitrogen and oxygen atoms in total. The lowest BCUT2D eigenvalue weighted by atomic mass is 10.2. The maximum absolute atomic E-state index is 11.6. The molecular formula is C11H13ClN2O3. The van der Waals surface area contributed by atoms with Crippen LogP contribution in [-0.2, 0) is 4.79 Å². The van der Waals surface area contributed by atoms with E-state index in [1.165, 1.54) is 6.07 Å². The van der Waals surface area contributed by atoms with Gasteiger partial charge in [-0.3, -0.25) is 9.59 Å². The third-order valence-electron chi connectivity index (χ3n) is 2.11. The van der Waals surface area contributed by atoms with Crippen LogP contribution in [0.25, 0.3) is 0 Å². The van der Waals surface area contributed by atoms with Crippen LogP contribution in [0.5, 0.6) is 0 Å². The second-order valence-corrected chi connectivity index (χ2v) is 3.90. The smallest absolute Gasteiger partial charge is 0.303 e. The van der Waals surface area contributed by atoms with Gasteiger partial charge in [0.15, 0.2) is 0 Å². The molecule has 92 valence electrons. The van der Waals surface area contributed by atoms with Crippen molar-refractivity contribution < 1.29 is 14.7 Å². The Hall–Kier alpha value is -1.75. The van der Waals surface area contributed by atoms with Gasteiger partial charge in [-0.05, 0) is 24.6 Å². The maximum atomic E-state index is 11.6. The first-order valence-corrected chi connectivity index (χ1v) is 5.43. The second kappa shape index (κ2) is 6.10. The molecule has 0 aliphatic heterocycles. The molecular weight excluding hydrogens is 244 g/mol. The molecule has 0 unspecified atom stereocenters. The molecule has 0 aliphatic rings. The summed E-state index contributed by atoms with van der Waals surface area (Å²) in [5.74, 6) is -1.17. The molecule has 0 atom stereocenters. The molecule has 0 aromatic heterocycles. The summed E-state index contributed by atoms with van der Waals surface area (Å²) in [6, 6.07) is 4.59. The highest BCUT2D eigenvalue weighted by molar-refractivity contribution is 6.33. The minimum Gasteiger partial charge on any atom is -0.481 e.